The standard InChI is InChI=1S/2C6H5FOS.C2H6/c7-5-2-1-3-6(4-5)9-8;7-5-3-1-2-4-6(5)9-8;1-2/h2*1-4,8H;1-2H3. The molecule has 0 aliphatic heterocycles. The summed E-state index contributed by atoms with van der Waals surface area (Å²) >= 11 is 0.963. The number of hydrogen-bond donors (Lipinski definition) is 2. The van der Waals surface area contributed by atoms with Crippen LogP contribution in [0.3, 0.4) is 0 Å². The first-order valence-electron chi connectivity index (χ1n) is 5.80. The summed E-state index contributed by atoms with van der Waals surface area (Å²) in [5.74, 6) is -0.709. The Balaban J connectivity index is 0.000000321. The fourth-order valence-electron chi connectivity index (χ4n) is 1.04. The highest BCUT2D eigenvalue weighted by molar-refractivity contribution is 7.94. The summed E-state index contributed by atoms with van der Waals surface area (Å²) in [6.45, 7) is 4.00. The summed E-state index contributed by atoms with van der Waals surface area (Å²) in [5, 5.41) is 0. The number of benzene rings is 2. The highest BCUT2D eigenvalue weighted by atomic mass is 32.2. The molecule has 0 aliphatic carbocycles. The SMILES string of the molecule is CC.OSc1cccc(F)c1.OSc1ccccc1F. The highest BCUT2D eigenvalue weighted by Crippen LogP contribution is 2.16. The van der Waals surface area contributed by atoms with Gasteiger partial charge < -0.3 is 9.11 Å². The summed E-state index contributed by atoms with van der Waals surface area (Å²) < 4.78 is 41.4. The molecule has 20 heavy (non-hydrogen) atoms. The second-order valence-electron chi connectivity index (χ2n) is 3.07. The maximum atomic E-state index is 12.4. The molecule has 0 atom stereocenters. The Kier molecular flexibility index (Phi) is 11.1. The molecular formula is C14H16F2O2S2. The summed E-state index contributed by atoms with van der Waals surface area (Å²) in [6.07, 6.45) is 0. The van der Waals surface area contributed by atoms with Gasteiger partial charge in [-0.25, -0.2) is 8.78 Å². The van der Waals surface area contributed by atoms with E-state index >= 15 is 0 Å². The van der Waals surface area contributed by atoms with Crippen LogP contribution in [0, 0.1) is 11.6 Å². The average Bonchev–Trinajstić information content (AvgIpc) is 2.50. The molecule has 0 fully saturated rings. The molecule has 0 unspecified atom stereocenters. The number of halogens is 2. The van der Waals surface area contributed by atoms with Gasteiger partial charge in [-0.3, -0.25) is 0 Å². The average molecular weight is 318 g/mol. The zero-order valence-corrected chi connectivity index (χ0v) is 12.7. The lowest BCUT2D eigenvalue weighted by atomic mass is 10.4. The fraction of sp³-hybridized carbons (Fsp3) is 0.143. The lowest BCUT2D eigenvalue weighted by molar-refractivity contribution is 0.591. The molecule has 0 radical (unpaired) electrons. The largest absolute Gasteiger partial charge is 0.325 e. The van der Waals surface area contributed by atoms with Gasteiger partial charge in [-0.05, 0) is 30.3 Å². The molecule has 2 rings (SSSR count). The van der Waals surface area contributed by atoms with Gasteiger partial charge in [-0.2, -0.15) is 0 Å². The van der Waals surface area contributed by atoms with Gasteiger partial charge in [0.05, 0.1) is 4.90 Å². The summed E-state index contributed by atoms with van der Waals surface area (Å²) in [4.78, 5) is 0.785. The van der Waals surface area contributed by atoms with Crippen molar-refractivity contribution in [1.82, 2.24) is 0 Å². The number of rotatable bonds is 2. The van der Waals surface area contributed by atoms with Crippen molar-refractivity contribution in [3.05, 3.63) is 60.2 Å². The lowest BCUT2D eigenvalue weighted by Crippen LogP contribution is -1.75. The minimum atomic E-state index is -0.384. The van der Waals surface area contributed by atoms with E-state index in [9.17, 15) is 8.78 Å². The van der Waals surface area contributed by atoms with Gasteiger partial charge in [0, 0.05) is 29.0 Å². The van der Waals surface area contributed by atoms with Crippen molar-refractivity contribution >= 4 is 24.1 Å². The molecule has 0 spiro atoms. The molecule has 110 valence electrons. The van der Waals surface area contributed by atoms with Crippen molar-refractivity contribution in [1.29, 1.82) is 0 Å². The van der Waals surface area contributed by atoms with Crippen molar-refractivity contribution in [3.63, 3.8) is 0 Å². The van der Waals surface area contributed by atoms with Crippen molar-refractivity contribution in [3.8, 4) is 0 Å². The minimum Gasteiger partial charge on any atom is -0.325 e. The Morgan fingerprint density at radius 2 is 1.50 bits per heavy atom. The second kappa shape index (κ2) is 11.7. The van der Waals surface area contributed by atoms with E-state index in [0.717, 1.165) is 0 Å². The van der Waals surface area contributed by atoms with Crippen LogP contribution in [0.5, 0.6) is 0 Å². The predicted molar refractivity (Wildman–Crippen MR) is 81.1 cm³/mol. The Bertz CT molecular complexity index is 496. The third-order valence-electron chi connectivity index (χ3n) is 1.84. The summed E-state index contributed by atoms with van der Waals surface area (Å²) in [6, 6.07) is 11.8. The van der Waals surface area contributed by atoms with Crippen LogP contribution in [0.1, 0.15) is 13.8 Å². The van der Waals surface area contributed by atoms with E-state index < -0.39 is 0 Å². The Labute approximate surface area is 126 Å². The van der Waals surface area contributed by atoms with Crippen LogP contribution in [0.4, 0.5) is 8.78 Å². The molecule has 0 saturated heterocycles. The van der Waals surface area contributed by atoms with Crippen LogP contribution in [0.25, 0.3) is 0 Å². The quantitative estimate of drug-likeness (QED) is 0.686. The van der Waals surface area contributed by atoms with Crippen LogP contribution in [0.15, 0.2) is 58.3 Å². The summed E-state index contributed by atoms with van der Waals surface area (Å²) in [5.41, 5.74) is 0. The molecule has 2 aromatic rings. The minimum absolute atomic E-state index is 0.262. The smallest absolute Gasteiger partial charge is 0.139 e. The van der Waals surface area contributed by atoms with E-state index in [2.05, 4.69) is 0 Å². The van der Waals surface area contributed by atoms with E-state index in [4.69, 9.17) is 9.11 Å². The first-order chi connectivity index (χ1) is 9.67. The van der Waals surface area contributed by atoms with Gasteiger partial charge in [0.1, 0.15) is 11.6 Å². The zero-order valence-electron chi connectivity index (χ0n) is 11.1. The molecule has 2 N–H and O–H groups in total. The second-order valence-corrected chi connectivity index (χ2v) is 4.35. The summed E-state index contributed by atoms with van der Waals surface area (Å²) in [7, 11) is 0. The van der Waals surface area contributed by atoms with Crippen molar-refractivity contribution in [2.75, 3.05) is 0 Å². The van der Waals surface area contributed by atoms with E-state index in [1.54, 1.807) is 24.3 Å². The molecule has 0 bridgehead atoms. The zero-order chi connectivity index (χ0) is 15.4. The van der Waals surface area contributed by atoms with Crippen LogP contribution < -0.4 is 0 Å². The molecular weight excluding hydrogens is 302 g/mol. The Morgan fingerprint density at radius 1 is 0.850 bits per heavy atom. The molecule has 2 aromatic carbocycles. The van der Waals surface area contributed by atoms with Crippen LogP contribution in [-0.4, -0.2) is 9.11 Å². The molecule has 0 amide bonds. The molecule has 2 nitrogen and oxygen atoms in total. The van der Waals surface area contributed by atoms with E-state index in [1.165, 1.54) is 24.3 Å². The van der Waals surface area contributed by atoms with Crippen molar-refractivity contribution < 1.29 is 17.9 Å². The van der Waals surface area contributed by atoms with E-state index in [0.29, 0.717) is 29.0 Å². The van der Waals surface area contributed by atoms with Gasteiger partial charge in [-0.15, -0.1) is 0 Å². The molecule has 6 heteroatoms. The van der Waals surface area contributed by atoms with Crippen LogP contribution in [-0.2, 0) is 0 Å². The van der Waals surface area contributed by atoms with Gasteiger partial charge in [-0.1, -0.05) is 32.0 Å². The van der Waals surface area contributed by atoms with Gasteiger partial charge in [0.2, 0.25) is 0 Å². The molecule has 0 saturated carbocycles. The number of hydrogen-bond acceptors (Lipinski definition) is 4. The van der Waals surface area contributed by atoms with Crippen molar-refractivity contribution in [2.24, 2.45) is 0 Å². The van der Waals surface area contributed by atoms with Crippen LogP contribution >= 0.6 is 24.1 Å². The first kappa shape index (κ1) is 18.9. The van der Waals surface area contributed by atoms with E-state index in [-0.39, 0.29) is 16.5 Å². The maximum Gasteiger partial charge on any atom is 0.139 e. The van der Waals surface area contributed by atoms with Gasteiger partial charge >= 0.3 is 0 Å². The Morgan fingerprint density at radius 3 is 1.90 bits per heavy atom. The first-order valence-corrected chi connectivity index (χ1v) is 7.35. The van der Waals surface area contributed by atoms with Crippen molar-refractivity contribution in [2.45, 2.75) is 23.6 Å². The Hall–Kier alpha value is -1.08. The van der Waals surface area contributed by atoms with Gasteiger partial charge in [0.15, 0.2) is 0 Å². The third kappa shape index (κ3) is 7.49. The predicted octanol–water partition coefficient (Wildman–Crippen LogP) is 5.81. The van der Waals surface area contributed by atoms with Gasteiger partial charge in [0.25, 0.3) is 0 Å². The molecule has 0 aliphatic rings. The van der Waals surface area contributed by atoms with Crippen LogP contribution in [0.2, 0.25) is 0 Å². The molecule has 0 aromatic heterocycles. The third-order valence-corrected chi connectivity index (χ3v) is 2.83. The topological polar surface area (TPSA) is 40.5 Å². The maximum absolute atomic E-state index is 12.4. The highest BCUT2D eigenvalue weighted by Gasteiger charge is 1.96. The molecule has 0 heterocycles. The lowest BCUT2D eigenvalue weighted by Gasteiger charge is -1.92. The normalized spacial score (nSPS) is 8.90. The van der Waals surface area contributed by atoms with E-state index in [1.807, 2.05) is 13.8 Å². The fourth-order valence-corrected chi connectivity index (χ4v) is 1.64. The monoisotopic (exact) mass is 318 g/mol.